The van der Waals surface area contributed by atoms with Crippen molar-refractivity contribution >= 4 is 11.0 Å². The Morgan fingerprint density at radius 3 is 2.62 bits per heavy atom. The molecule has 0 amide bonds. The molecule has 0 aliphatic heterocycles. The minimum Gasteiger partial charge on any atom is -0.389 e. The van der Waals surface area contributed by atoms with Crippen LogP contribution in [-0.2, 0) is 0 Å². The highest BCUT2D eigenvalue weighted by atomic mass is 19.1. The van der Waals surface area contributed by atoms with Crippen LogP contribution in [0.2, 0.25) is 0 Å². The first kappa shape index (κ1) is 13.8. The number of fused-ring (bicyclic) bond motifs is 1. The van der Waals surface area contributed by atoms with Gasteiger partial charge in [0.25, 0.3) is 0 Å². The predicted molar refractivity (Wildman–Crippen MR) is 81.1 cm³/mol. The van der Waals surface area contributed by atoms with Gasteiger partial charge < -0.3 is 5.11 Å². The molecule has 0 saturated heterocycles. The van der Waals surface area contributed by atoms with Gasteiger partial charge in [-0.15, -0.1) is 0 Å². The van der Waals surface area contributed by atoms with Gasteiger partial charge in [-0.1, -0.05) is 12.1 Å². The van der Waals surface area contributed by atoms with Crippen LogP contribution in [0.5, 0.6) is 0 Å². The van der Waals surface area contributed by atoms with E-state index in [1.165, 1.54) is 6.07 Å². The predicted octanol–water partition coefficient (Wildman–Crippen LogP) is 3.83. The summed E-state index contributed by atoms with van der Waals surface area (Å²) in [5, 5.41) is 9.90. The summed E-state index contributed by atoms with van der Waals surface area (Å²) in [5.74, 6) is -0.370. The molecule has 1 heterocycles. The van der Waals surface area contributed by atoms with E-state index in [1.807, 2.05) is 26.0 Å². The van der Waals surface area contributed by atoms with Gasteiger partial charge in [-0.05, 0) is 50.1 Å². The van der Waals surface area contributed by atoms with Crippen molar-refractivity contribution in [3.05, 3.63) is 59.2 Å². The lowest BCUT2D eigenvalue weighted by Gasteiger charge is -2.14. The van der Waals surface area contributed by atoms with E-state index in [9.17, 15) is 9.50 Å². The van der Waals surface area contributed by atoms with Crippen LogP contribution in [0.25, 0.3) is 16.7 Å². The third-order valence-electron chi connectivity index (χ3n) is 3.87. The second-order valence-corrected chi connectivity index (χ2v) is 5.39. The average Bonchev–Trinajstić information content (AvgIpc) is 2.81. The number of aliphatic hydroxyl groups excluding tert-OH is 1. The number of halogens is 1. The lowest BCUT2D eigenvalue weighted by molar-refractivity contribution is 0.198. The number of nitrogens with zero attached hydrogens (tertiary/aromatic N) is 2. The number of benzene rings is 2. The van der Waals surface area contributed by atoms with Gasteiger partial charge in [0.1, 0.15) is 12.1 Å². The number of aromatic nitrogens is 2. The van der Waals surface area contributed by atoms with E-state index in [2.05, 4.69) is 4.98 Å². The molecule has 4 heteroatoms. The third-order valence-corrected chi connectivity index (χ3v) is 3.87. The Morgan fingerprint density at radius 1 is 1.19 bits per heavy atom. The molecule has 108 valence electrons. The Balaban J connectivity index is 2.34. The zero-order valence-corrected chi connectivity index (χ0v) is 12.3. The molecule has 3 nitrogen and oxygen atoms in total. The minimum atomic E-state index is -0.750. The molecule has 21 heavy (non-hydrogen) atoms. The molecular formula is C17H17FN2O. The lowest BCUT2D eigenvalue weighted by Crippen LogP contribution is -2.04. The van der Waals surface area contributed by atoms with E-state index in [0.29, 0.717) is 11.3 Å². The van der Waals surface area contributed by atoms with Gasteiger partial charge in [-0.3, -0.25) is 4.57 Å². The van der Waals surface area contributed by atoms with E-state index in [-0.39, 0.29) is 5.82 Å². The smallest absolute Gasteiger partial charge is 0.147 e. The summed E-state index contributed by atoms with van der Waals surface area (Å²) in [4.78, 5) is 4.35. The maximum absolute atomic E-state index is 14.3. The zero-order chi connectivity index (χ0) is 15.1. The molecule has 0 radical (unpaired) electrons. The van der Waals surface area contributed by atoms with Crippen molar-refractivity contribution < 1.29 is 9.50 Å². The highest BCUT2D eigenvalue weighted by Crippen LogP contribution is 2.28. The summed E-state index contributed by atoms with van der Waals surface area (Å²) in [6, 6.07) is 8.72. The first-order chi connectivity index (χ1) is 9.99. The molecular weight excluding hydrogens is 267 g/mol. The highest BCUT2D eigenvalue weighted by molar-refractivity contribution is 5.79. The van der Waals surface area contributed by atoms with Crippen LogP contribution in [0.3, 0.4) is 0 Å². The maximum Gasteiger partial charge on any atom is 0.147 e. The fraction of sp³-hybridized carbons (Fsp3) is 0.235. The van der Waals surface area contributed by atoms with Crippen molar-refractivity contribution in [3.8, 4) is 5.69 Å². The molecule has 1 aromatic heterocycles. The molecule has 0 aliphatic carbocycles. The molecule has 1 atom stereocenters. The number of imidazole rings is 1. The molecule has 0 unspecified atom stereocenters. The fourth-order valence-corrected chi connectivity index (χ4v) is 2.57. The Kier molecular flexibility index (Phi) is 3.26. The number of rotatable bonds is 2. The van der Waals surface area contributed by atoms with Crippen molar-refractivity contribution in [2.24, 2.45) is 0 Å². The van der Waals surface area contributed by atoms with Gasteiger partial charge in [-0.25, -0.2) is 9.37 Å². The van der Waals surface area contributed by atoms with Gasteiger partial charge in [0.05, 0.1) is 22.8 Å². The standard InChI is InChI=1S/C17H17FN2O/c1-10-7-15-16(8-11(10)2)20(9-19-15)17-13(12(3)21)5-4-6-14(17)18/h4-9,12,21H,1-3H3/t12-/m1/s1. The van der Waals surface area contributed by atoms with Crippen LogP contribution >= 0.6 is 0 Å². The van der Waals surface area contributed by atoms with Crippen molar-refractivity contribution in [2.75, 3.05) is 0 Å². The summed E-state index contributed by atoms with van der Waals surface area (Å²) < 4.78 is 16.0. The van der Waals surface area contributed by atoms with Crippen molar-refractivity contribution in [1.82, 2.24) is 9.55 Å². The summed E-state index contributed by atoms with van der Waals surface area (Å²) in [6.45, 7) is 5.67. The van der Waals surface area contributed by atoms with E-state index in [0.717, 1.165) is 22.2 Å². The largest absolute Gasteiger partial charge is 0.389 e. The first-order valence-electron chi connectivity index (χ1n) is 6.90. The molecule has 1 N–H and O–H groups in total. The molecule has 3 aromatic rings. The molecule has 3 rings (SSSR count). The number of aryl methyl sites for hydroxylation is 2. The van der Waals surface area contributed by atoms with E-state index in [1.54, 1.807) is 30.0 Å². The Morgan fingerprint density at radius 2 is 1.90 bits per heavy atom. The zero-order valence-electron chi connectivity index (χ0n) is 12.3. The second kappa shape index (κ2) is 4.97. The maximum atomic E-state index is 14.3. The number of hydrogen-bond donors (Lipinski definition) is 1. The SMILES string of the molecule is Cc1cc2ncn(-c3c(F)cccc3[C@@H](C)O)c2cc1C. The highest BCUT2D eigenvalue weighted by Gasteiger charge is 2.16. The Labute approximate surface area is 122 Å². The van der Waals surface area contributed by atoms with Gasteiger partial charge in [0, 0.05) is 5.56 Å². The van der Waals surface area contributed by atoms with Gasteiger partial charge >= 0.3 is 0 Å². The average molecular weight is 284 g/mol. The van der Waals surface area contributed by atoms with Crippen molar-refractivity contribution in [2.45, 2.75) is 26.9 Å². The third kappa shape index (κ3) is 2.21. The van der Waals surface area contributed by atoms with E-state index < -0.39 is 6.10 Å². The van der Waals surface area contributed by atoms with Crippen molar-refractivity contribution in [3.63, 3.8) is 0 Å². The summed E-state index contributed by atoms with van der Waals surface area (Å²) in [7, 11) is 0. The fourth-order valence-electron chi connectivity index (χ4n) is 2.57. The molecule has 0 bridgehead atoms. The summed E-state index contributed by atoms with van der Waals surface area (Å²) in [6.07, 6.45) is 0.855. The number of aliphatic hydroxyl groups is 1. The lowest BCUT2D eigenvalue weighted by atomic mass is 10.1. The van der Waals surface area contributed by atoms with Gasteiger partial charge in [0.2, 0.25) is 0 Å². The monoisotopic (exact) mass is 284 g/mol. The van der Waals surface area contributed by atoms with E-state index >= 15 is 0 Å². The van der Waals surface area contributed by atoms with Crippen LogP contribution in [-0.4, -0.2) is 14.7 Å². The Hall–Kier alpha value is -2.20. The normalized spacial score (nSPS) is 12.8. The van der Waals surface area contributed by atoms with Crippen molar-refractivity contribution in [1.29, 1.82) is 0 Å². The molecule has 0 spiro atoms. The molecule has 2 aromatic carbocycles. The number of hydrogen-bond acceptors (Lipinski definition) is 2. The van der Waals surface area contributed by atoms with Gasteiger partial charge in [0.15, 0.2) is 0 Å². The topological polar surface area (TPSA) is 38.0 Å². The first-order valence-corrected chi connectivity index (χ1v) is 6.90. The second-order valence-electron chi connectivity index (χ2n) is 5.39. The van der Waals surface area contributed by atoms with Crippen LogP contribution < -0.4 is 0 Å². The Bertz CT molecular complexity index is 821. The molecule has 0 saturated carbocycles. The van der Waals surface area contributed by atoms with Crippen LogP contribution in [0.15, 0.2) is 36.7 Å². The summed E-state index contributed by atoms with van der Waals surface area (Å²) in [5.41, 5.74) is 4.84. The van der Waals surface area contributed by atoms with Crippen LogP contribution in [0, 0.1) is 19.7 Å². The quantitative estimate of drug-likeness (QED) is 0.776. The van der Waals surface area contributed by atoms with Gasteiger partial charge in [-0.2, -0.15) is 0 Å². The summed E-state index contributed by atoms with van der Waals surface area (Å²) >= 11 is 0. The number of para-hydroxylation sites is 1. The molecule has 0 aliphatic rings. The van der Waals surface area contributed by atoms with Crippen LogP contribution in [0.4, 0.5) is 4.39 Å². The van der Waals surface area contributed by atoms with Crippen LogP contribution in [0.1, 0.15) is 29.7 Å². The van der Waals surface area contributed by atoms with E-state index in [4.69, 9.17) is 0 Å². The molecule has 0 fully saturated rings. The minimum absolute atomic E-state index is 0.359.